The number of fused-ring (bicyclic) bond motifs is 9. The monoisotopic (exact) mass is 827 g/mol. The normalized spacial score (nSPS) is 11.7. The first-order chi connectivity index (χ1) is 32.2. The fourth-order valence-corrected chi connectivity index (χ4v) is 10.3. The minimum Gasteiger partial charge on any atom is -0.308 e. The molecule has 4 aromatic heterocycles. The highest BCUT2D eigenvalue weighted by Crippen LogP contribution is 2.42. The van der Waals surface area contributed by atoms with Crippen molar-refractivity contribution in [2.45, 2.75) is 0 Å². The third-order valence-electron chi connectivity index (χ3n) is 13.2. The summed E-state index contributed by atoms with van der Waals surface area (Å²) in [6.07, 6.45) is 3.82. The van der Waals surface area contributed by atoms with Crippen molar-refractivity contribution < 1.29 is 0 Å². The number of hydrogen-bond acceptors (Lipinski definition) is 2. The fraction of sp³-hybridized carbons (Fsp3) is 0. The number of aromatic nitrogens is 4. The number of nitrogens with zero attached hydrogens (tertiary/aromatic N) is 5. The van der Waals surface area contributed by atoms with Crippen LogP contribution in [-0.2, 0) is 0 Å². The van der Waals surface area contributed by atoms with Crippen LogP contribution < -0.4 is 0 Å². The lowest BCUT2D eigenvalue weighted by molar-refractivity contribution is 1.12. The molecule has 9 aromatic carbocycles. The molecule has 0 saturated carbocycles. The number of pyridine rings is 1. The lowest BCUT2D eigenvalue weighted by atomic mass is 9.99. The Morgan fingerprint density at radius 1 is 0.323 bits per heavy atom. The van der Waals surface area contributed by atoms with Gasteiger partial charge in [0.15, 0.2) is 0 Å². The van der Waals surface area contributed by atoms with Gasteiger partial charge in [-0.25, -0.2) is 0 Å². The Labute approximate surface area is 374 Å². The highest BCUT2D eigenvalue weighted by molar-refractivity contribution is 6.13. The van der Waals surface area contributed by atoms with E-state index in [-0.39, 0.29) is 0 Å². The van der Waals surface area contributed by atoms with Gasteiger partial charge in [0.1, 0.15) is 11.6 Å². The molecule has 0 atom stereocenters. The molecule has 0 aliphatic rings. The summed E-state index contributed by atoms with van der Waals surface area (Å²) in [7, 11) is 0. The maximum absolute atomic E-state index is 11.6. The van der Waals surface area contributed by atoms with Gasteiger partial charge in [-0.1, -0.05) is 140 Å². The average molecular weight is 828 g/mol. The average Bonchev–Trinajstić information content (AvgIpc) is 4.02. The molecule has 0 fully saturated rings. The van der Waals surface area contributed by atoms with Crippen LogP contribution in [0.25, 0.3) is 116 Å². The van der Waals surface area contributed by atoms with Crippen molar-refractivity contribution >= 4 is 65.4 Å². The summed E-state index contributed by atoms with van der Waals surface area (Å²) < 4.78 is 6.91. The van der Waals surface area contributed by atoms with Crippen LogP contribution in [0.1, 0.15) is 5.56 Å². The number of rotatable bonds is 6. The summed E-state index contributed by atoms with van der Waals surface area (Å²) in [6, 6.07) is 78.2. The van der Waals surface area contributed by atoms with Gasteiger partial charge in [-0.3, -0.25) is 4.98 Å². The van der Waals surface area contributed by atoms with E-state index in [1.165, 1.54) is 5.39 Å². The van der Waals surface area contributed by atoms with Crippen LogP contribution in [0, 0.1) is 11.3 Å². The summed E-state index contributed by atoms with van der Waals surface area (Å²) >= 11 is 0. The molecule has 302 valence electrons. The largest absolute Gasteiger partial charge is 0.308 e. The van der Waals surface area contributed by atoms with Crippen molar-refractivity contribution in [3.05, 3.63) is 230 Å². The summed E-state index contributed by atoms with van der Waals surface area (Å²) in [6.45, 7) is 0. The molecular weight excluding hydrogens is 791 g/mol. The molecule has 0 aliphatic carbocycles. The van der Waals surface area contributed by atoms with Gasteiger partial charge in [0.05, 0.1) is 50.7 Å². The number of hydrogen-bond donors (Lipinski definition) is 0. The zero-order valence-electron chi connectivity index (χ0n) is 35.1. The van der Waals surface area contributed by atoms with Crippen molar-refractivity contribution in [1.29, 1.82) is 5.26 Å². The van der Waals surface area contributed by atoms with Crippen molar-refractivity contribution in [3.8, 4) is 56.5 Å². The predicted octanol–water partition coefficient (Wildman–Crippen LogP) is 15.2. The van der Waals surface area contributed by atoms with E-state index in [0.717, 1.165) is 110 Å². The van der Waals surface area contributed by atoms with E-state index < -0.39 is 0 Å². The minimum atomic E-state index is 0.586. The number of nitriles is 1. The van der Waals surface area contributed by atoms with Crippen molar-refractivity contribution in [3.63, 3.8) is 0 Å². The van der Waals surface area contributed by atoms with Gasteiger partial charge in [-0.2, -0.15) is 5.26 Å². The Morgan fingerprint density at radius 3 is 1.32 bits per heavy atom. The molecule has 4 heterocycles. The molecule has 0 aliphatic heterocycles. The zero-order chi connectivity index (χ0) is 43.0. The van der Waals surface area contributed by atoms with Gasteiger partial charge in [0, 0.05) is 44.2 Å². The fourth-order valence-electron chi connectivity index (χ4n) is 10.3. The zero-order valence-corrected chi connectivity index (χ0v) is 35.1. The summed E-state index contributed by atoms with van der Waals surface area (Å²) in [5, 5.41) is 18.5. The van der Waals surface area contributed by atoms with E-state index in [2.05, 4.69) is 237 Å². The smallest absolute Gasteiger partial charge is 0.104 e. The van der Waals surface area contributed by atoms with Gasteiger partial charge in [-0.05, 0) is 106 Å². The summed E-state index contributed by atoms with van der Waals surface area (Å²) in [5.74, 6) is 0. The molecule has 5 nitrogen and oxygen atoms in total. The first-order valence-electron chi connectivity index (χ1n) is 21.9. The number of para-hydroxylation sites is 3. The summed E-state index contributed by atoms with van der Waals surface area (Å²) in [5.41, 5.74) is 16.2. The molecule has 0 spiro atoms. The molecule has 0 radical (unpaired) electrons. The van der Waals surface area contributed by atoms with Gasteiger partial charge >= 0.3 is 0 Å². The second-order valence-electron chi connectivity index (χ2n) is 16.7. The maximum atomic E-state index is 11.6. The van der Waals surface area contributed by atoms with E-state index in [9.17, 15) is 5.26 Å². The topological polar surface area (TPSA) is 51.5 Å². The SMILES string of the molecule is N#Cc1c(-n2c3ccccc3c3cc(-c4ccccc4)ccc32)cc(-c2cccc(-n3c4ccccc4c4ccncc43)c2)cc1-n1c2ccccc2c2cc(-c3ccccc3)ccc21. The van der Waals surface area contributed by atoms with E-state index in [1.54, 1.807) is 0 Å². The van der Waals surface area contributed by atoms with Crippen molar-refractivity contribution in [2.75, 3.05) is 0 Å². The Bertz CT molecular complexity index is 3840. The molecule has 13 aromatic rings. The van der Waals surface area contributed by atoms with E-state index >= 15 is 0 Å². The van der Waals surface area contributed by atoms with Crippen LogP contribution in [0.15, 0.2) is 225 Å². The molecule has 0 saturated heterocycles. The molecule has 0 amide bonds. The minimum absolute atomic E-state index is 0.586. The van der Waals surface area contributed by atoms with Crippen LogP contribution in [-0.4, -0.2) is 18.7 Å². The molecular formula is C60H37N5. The first-order valence-corrected chi connectivity index (χ1v) is 21.9. The standard InChI is InChI=1S/C60H37N5/c61-37-52-58(64-54-24-11-8-21-47(54)50-33-42(26-28-56(50)64)39-14-3-1-4-15-39)35-44(41-18-13-19-45(32-41)63-53-23-10-7-20-46(53)49-30-31-62-38-60(49)63)36-59(52)65-55-25-12-9-22-48(55)51-34-43(27-29-57(51)65)40-16-5-2-6-17-40/h1-36,38H. The maximum Gasteiger partial charge on any atom is 0.104 e. The highest BCUT2D eigenvalue weighted by atomic mass is 15.0. The van der Waals surface area contributed by atoms with Crippen LogP contribution >= 0.6 is 0 Å². The van der Waals surface area contributed by atoms with Gasteiger partial charge in [0.2, 0.25) is 0 Å². The Morgan fingerprint density at radius 2 is 0.769 bits per heavy atom. The Kier molecular flexibility index (Phi) is 8.21. The van der Waals surface area contributed by atoms with E-state index in [0.29, 0.717) is 5.56 Å². The lowest BCUT2D eigenvalue weighted by Gasteiger charge is -2.19. The van der Waals surface area contributed by atoms with Crippen LogP contribution in [0.3, 0.4) is 0 Å². The second kappa shape index (κ2) is 14.6. The second-order valence-corrected chi connectivity index (χ2v) is 16.7. The van der Waals surface area contributed by atoms with Gasteiger partial charge < -0.3 is 13.7 Å². The van der Waals surface area contributed by atoms with Gasteiger partial charge in [-0.15, -0.1) is 0 Å². The number of benzene rings is 9. The Hall–Kier alpha value is -8.98. The third-order valence-corrected chi connectivity index (χ3v) is 13.2. The molecule has 0 N–H and O–H groups in total. The molecule has 0 unspecified atom stereocenters. The van der Waals surface area contributed by atoms with Crippen molar-refractivity contribution in [1.82, 2.24) is 18.7 Å². The molecule has 0 bridgehead atoms. The van der Waals surface area contributed by atoms with Gasteiger partial charge in [0.25, 0.3) is 0 Å². The summed E-state index contributed by atoms with van der Waals surface area (Å²) in [4.78, 5) is 4.56. The first kappa shape index (κ1) is 36.7. The van der Waals surface area contributed by atoms with Crippen LogP contribution in [0.4, 0.5) is 0 Å². The highest BCUT2D eigenvalue weighted by Gasteiger charge is 2.23. The lowest BCUT2D eigenvalue weighted by Crippen LogP contribution is -2.05. The molecule has 13 rings (SSSR count). The van der Waals surface area contributed by atoms with E-state index in [1.807, 2.05) is 12.4 Å². The molecule has 5 heteroatoms. The van der Waals surface area contributed by atoms with Crippen LogP contribution in [0.2, 0.25) is 0 Å². The van der Waals surface area contributed by atoms with Crippen molar-refractivity contribution in [2.24, 2.45) is 0 Å². The van der Waals surface area contributed by atoms with E-state index in [4.69, 9.17) is 0 Å². The van der Waals surface area contributed by atoms with Crippen LogP contribution in [0.5, 0.6) is 0 Å². The third kappa shape index (κ3) is 5.68. The Balaban J connectivity index is 1.12. The predicted molar refractivity (Wildman–Crippen MR) is 268 cm³/mol. The quantitative estimate of drug-likeness (QED) is 0.168. The molecule has 65 heavy (non-hydrogen) atoms.